The lowest BCUT2D eigenvalue weighted by Crippen LogP contribution is -2.49. The lowest BCUT2D eigenvalue weighted by Gasteiger charge is -2.33. The summed E-state index contributed by atoms with van der Waals surface area (Å²) >= 11 is 0. The van der Waals surface area contributed by atoms with E-state index in [0.717, 1.165) is 0 Å². The van der Waals surface area contributed by atoms with Crippen molar-refractivity contribution < 1.29 is 14.6 Å². The Hall–Kier alpha value is -1.26. The van der Waals surface area contributed by atoms with Gasteiger partial charge in [0.05, 0.1) is 0 Å². The third kappa shape index (κ3) is 2.46. The summed E-state index contributed by atoms with van der Waals surface area (Å²) in [6.07, 6.45) is 1.18. The highest BCUT2D eigenvalue weighted by molar-refractivity contribution is 5.88. The standard InChI is InChI=1S/C11H20N2O3/c1-5-13(9(12)16-10(2,3)4)11(6-7-11)8(14)15/h12H,5-7H2,1-4H3,(H,14,15). The van der Waals surface area contributed by atoms with E-state index < -0.39 is 17.1 Å². The maximum Gasteiger partial charge on any atom is 0.329 e. The number of nitrogens with zero attached hydrogens (tertiary/aromatic N) is 1. The molecule has 5 heteroatoms. The Morgan fingerprint density at radius 2 is 2.00 bits per heavy atom. The van der Waals surface area contributed by atoms with Gasteiger partial charge in [-0.05, 0) is 40.5 Å². The van der Waals surface area contributed by atoms with Crippen molar-refractivity contribution in [3.63, 3.8) is 0 Å². The zero-order chi connectivity index (χ0) is 12.6. The van der Waals surface area contributed by atoms with Crippen LogP contribution < -0.4 is 0 Å². The van der Waals surface area contributed by atoms with E-state index >= 15 is 0 Å². The Labute approximate surface area is 95.9 Å². The number of likely N-dealkylation sites (N-methyl/N-ethyl adjacent to an activating group) is 1. The van der Waals surface area contributed by atoms with Gasteiger partial charge in [0.1, 0.15) is 11.1 Å². The first kappa shape index (κ1) is 12.8. The predicted octanol–water partition coefficient (Wildman–Crippen LogP) is 1.68. The molecule has 0 bridgehead atoms. The van der Waals surface area contributed by atoms with Gasteiger partial charge in [0.25, 0.3) is 6.02 Å². The molecule has 1 rings (SSSR count). The molecule has 0 aliphatic heterocycles. The Morgan fingerprint density at radius 3 is 2.25 bits per heavy atom. The summed E-state index contributed by atoms with van der Waals surface area (Å²) in [5.41, 5.74) is -1.36. The Kier molecular flexibility index (Phi) is 3.17. The molecule has 92 valence electrons. The molecule has 0 aromatic rings. The van der Waals surface area contributed by atoms with Gasteiger partial charge in [-0.25, -0.2) is 4.79 Å². The molecule has 0 radical (unpaired) electrons. The molecular weight excluding hydrogens is 208 g/mol. The summed E-state index contributed by atoms with van der Waals surface area (Å²) in [5, 5.41) is 17.0. The number of rotatable bonds is 3. The van der Waals surface area contributed by atoms with Crippen LogP contribution >= 0.6 is 0 Å². The SMILES string of the molecule is CCN(C(=N)OC(C)(C)C)C1(C(=O)O)CC1. The molecule has 0 unspecified atom stereocenters. The second-order valence-electron chi connectivity index (χ2n) is 5.10. The highest BCUT2D eigenvalue weighted by Crippen LogP contribution is 2.42. The van der Waals surface area contributed by atoms with Gasteiger partial charge in [0, 0.05) is 6.54 Å². The van der Waals surface area contributed by atoms with E-state index in [1.807, 2.05) is 27.7 Å². The molecule has 0 aromatic carbocycles. The predicted molar refractivity (Wildman–Crippen MR) is 60.5 cm³/mol. The fraction of sp³-hybridized carbons (Fsp3) is 0.818. The average molecular weight is 228 g/mol. The van der Waals surface area contributed by atoms with Gasteiger partial charge >= 0.3 is 5.97 Å². The van der Waals surface area contributed by atoms with Gasteiger partial charge in [-0.3, -0.25) is 5.41 Å². The lowest BCUT2D eigenvalue weighted by molar-refractivity contribution is -0.144. The topological polar surface area (TPSA) is 73.6 Å². The fourth-order valence-electron chi connectivity index (χ4n) is 1.70. The quantitative estimate of drug-likeness (QED) is 0.569. The summed E-state index contributed by atoms with van der Waals surface area (Å²) in [5.74, 6) is -0.864. The summed E-state index contributed by atoms with van der Waals surface area (Å²) in [6, 6.07) is -0.0464. The van der Waals surface area contributed by atoms with E-state index in [9.17, 15) is 4.79 Å². The molecule has 1 aliphatic rings. The summed E-state index contributed by atoms with van der Waals surface area (Å²) < 4.78 is 5.41. The van der Waals surface area contributed by atoms with Crippen LogP contribution in [0.2, 0.25) is 0 Å². The van der Waals surface area contributed by atoms with Crippen molar-refractivity contribution in [2.75, 3.05) is 6.54 Å². The number of ether oxygens (including phenoxy) is 1. The van der Waals surface area contributed by atoms with Crippen molar-refractivity contribution >= 4 is 12.0 Å². The molecule has 0 heterocycles. The largest absolute Gasteiger partial charge is 0.479 e. The Balaban J connectivity index is 2.76. The molecule has 1 aliphatic carbocycles. The Bertz CT molecular complexity index is 303. The molecule has 0 amide bonds. The molecule has 5 nitrogen and oxygen atoms in total. The maximum atomic E-state index is 11.2. The van der Waals surface area contributed by atoms with Crippen molar-refractivity contribution in [1.82, 2.24) is 4.90 Å². The summed E-state index contributed by atoms with van der Waals surface area (Å²) in [6.45, 7) is 7.84. The molecule has 0 aromatic heterocycles. The smallest absolute Gasteiger partial charge is 0.329 e. The second-order valence-corrected chi connectivity index (χ2v) is 5.10. The van der Waals surface area contributed by atoms with Crippen molar-refractivity contribution in [3.8, 4) is 0 Å². The van der Waals surface area contributed by atoms with E-state index in [2.05, 4.69) is 0 Å². The van der Waals surface area contributed by atoms with Crippen molar-refractivity contribution in [2.24, 2.45) is 0 Å². The molecular formula is C11H20N2O3. The van der Waals surface area contributed by atoms with Crippen LogP contribution in [0.5, 0.6) is 0 Å². The summed E-state index contributed by atoms with van der Waals surface area (Å²) in [7, 11) is 0. The van der Waals surface area contributed by atoms with Crippen LogP contribution in [0.4, 0.5) is 0 Å². The molecule has 0 spiro atoms. The molecule has 1 fully saturated rings. The number of hydrogen-bond donors (Lipinski definition) is 2. The minimum absolute atomic E-state index is 0.0464. The molecule has 1 saturated carbocycles. The number of carboxylic acid groups (broad SMARTS) is 1. The van der Waals surface area contributed by atoms with Gasteiger partial charge < -0.3 is 14.7 Å². The van der Waals surface area contributed by atoms with Crippen LogP contribution in [-0.2, 0) is 9.53 Å². The third-order valence-corrected chi connectivity index (χ3v) is 2.60. The van der Waals surface area contributed by atoms with Crippen molar-refractivity contribution in [3.05, 3.63) is 0 Å². The van der Waals surface area contributed by atoms with Crippen LogP contribution in [0.15, 0.2) is 0 Å². The number of nitrogens with one attached hydrogen (secondary N) is 1. The van der Waals surface area contributed by atoms with Crippen LogP contribution in [0.1, 0.15) is 40.5 Å². The second kappa shape index (κ2) is 3.96. The zero-order valence-electron chi connectivity index (χ0n) is 10.3. The number of carboxylic acids is 1. The van der Waals surface area contributed by atoms with E-state index in [-0.39, 0.29) is 6.02 Å². The van der Waals surface area contributed by atoms with E-state index in [1.54, 1.807) is 0 Å². The van der Waals surface area contributed by atoms with E-state index in [0.29, 0.717) is 19.4 Å². The van der Waals surface area contributed by atoms with Crippen LogP contribution in [0.3, 0.4) is 0 Å². The van der Waals surface area contributed by atoms with Gasteiger partial charge in [-0.15, -0.1) is 0 Å². The normalized spacial score (nSPS) is 17.8. The van der Waals surface area contributed by atoms with E-state index in [1.165, 1.54) is 4.90 Å². The molecule has 16 heavy (non-hydrogen) atoms. The highest BCUT2D eigenvalue weighted by atomic mass is 16.5. The first-order valence-electron chi connectivity index (χ1n) is 5.51. The van der Waals surface area contributed by atoms with Gasteiger partial charge in [-0.1, -0.05) is 0 Å². The minimum Gasteiger partial charge on any atom is -0.479 e. The number of amidine groups is 1. The number of carbonyl (C=O) groups is 1. The third-order valence-electron chi connectivity index (χ3n) is 2.60. The minimum atomic E-state index is -0.892. The first-order valence-corrected chi connectivity index (χ1v) is 5.51. The molecule has 0 saturated heterocycles. The molecule has 0 atom stereocenters. The lowest BCUT2D eigenvalue weighted by atomic mass is 10.2. The fourth-order valence-corrected chi connectivity index (χ4v) is 1.70. The molecule has 2 N–H and O–H groups in total. The monoisotopic (exact) mass is 228 g/mol. The number of hydrogen-bond acceptors (Lipinski definition) is 3. The van der Waals surface area contributed by atoms with E-state index in [4.69, 9.17) is 15.3 Å². The first-order chi connectivity index (χ1) is 7.23. The van der Waals surface area contributed by atoms with Gasteiger partial charge in [0.2, 0.25) is 0 Å². The maximum absolute atomic E-state index is 11.2. The Morgan fingerprint density at radius 1 is 1.50 bits per heavy atom. The van der Waals surface area contributed by atoms with Crippen LogP contribution in [0, 0.1) is 5.41 Å². The van der Waals surface area contributed by atoms with Crippen molar-refractivity contribution in [1.29, 1.82) is 5.41 Å². The average Bonchev–Trinajstić information content (AvgIpc) is 2.83. The highest BCUT2D eigenvalue weighted by Gasteiger charge is 2.56. The van der Waals surface area contributed by atoms with Gasteiger partial charge in [0.15, 0.2) is 0 Å². The van der Waals surface area contributed by atoms with Gasteiger partial charge in [-0.2, -0.15) is 0 Å². The zero-order valence-corrected chi connectivity index (χ0v) is 10.3. The van der Waals surface area contributed by atoms with Crippen LogP contribution in [0.25, 0.3) is 0 Å². The number of aliphatic carboxylic acids is 1. The van der Waals surface area contributed by atoms with Crippen molar-refractivity contribution in [2.45, 2.75) is 51.7 Å². The summed E-state index contributed by atoms with van der Waals surface area (Å²) in [4.78, 5) is 12.7. The van der Waals surface area contributed by atoms with Crippen LogP contribution in [-0.4, -0.2) is 39.7 Å².